The number of aromatic amines is 3. The van der Waals surface area contributed by atoms with Crippen molar-refractivity contribution in [2.24, 2.45) is 0 Å². The lowest BCUT2D eigenvalue weighted by atomic mass is 10.1. The lowest BCUT2D eigenvalue weighted by Crippen LogP contribution is -2.05. The third-order valence-corrected chi connectivity index (χ3v) is 4.13. The number of rotatable bonds is 0. The molecule has 0 amide bonds. The number of aromatic nitrogens is 3. The summed E-state index contributed by atoms with van der Waals surface area (Å²) < 4.78 is 0. The molecular formula is C17H11N3O. The van der Waals surface area contributed by atoms with Gasteiger partial charge in [0.15, 0.2) is 0 Å². The highest BCUT2D eigenvalue weighted by Crippen LogP contribution is 2.32. The first kappa shape index (κ1) is 10.7. The normalized spacial score (nSPS) is 12.0. The van der Waals surface area contributed by atoms with Gasteiger partial charge in [0.1, 0.15) is 5.52 Å². The molecule has 0 fully saturated rings. The fourth-order valence-corrected chi connectivity index (χ4v) is 3.21. The molecule has 2 aromatic carbocycles. The van der Waals surface area contributed by atoms with Crippen molar-refractivity contribution in [1.82, 2.24) is 15.0 Å². The summed E-state index contributed by atoms with van der Waals surface area (Å²) in [5, 5.41) is 3.06. The zero-order chi connectivity index (χ0) is 14.0. The van der Waals surface area contributed by atoms with Gasteiger partial charge in [-0.05, 0) is 12.1 Å². The monoisotopic (exact) mass is 273 g/mol. The molecule has 5 aromatic rings. The maximum atomic E-state index is 12.4. The molecule has 3 aromatic heterocycles. The highest BCUT2D eigenvalue weighted by atomic mass is 16.1. The number of hydrogen-bond donors (Lipinski definition) is 3. The van der Waals surface area contributed by atoms with E-state index in [1.165, 1.54) is 0 Å². The summed E-state index contributed by atoms with van der Waals surface area (Å²) >= 11 is 0. The van der Waals surface area contributed by atoms with E-state index in [2.05, 4.69) is 15.0 Å². The van der Waals surface area contributed by atoms with Gasteiger partial charge in [0.05, 0.1) is 11.0 Å². The fraction of sp³-hybridized carbons (Fsp3) is 0. The maximum absolute atomic E-state index is 12.4. The number of benzene rings is 2. The molecule has 4 heteroatoms. The van der Waals surface area contributed by atoms with E-state index in [4.69, 9.17) is 0 Å². The van der Waals surface area contributed by atoms with E-state index < -0.39 is 0 Å². The second-order valence-electron chi connectivity index (χ2n) is 5.30. The van der Waals surface area contributed by atoms with E-state index in [-0.39, 0.29) is 5.56 Å². The zero-order valence-corrected chi connectivity index (χ0v) is 11.0. The van der Waals surface area contributed by atoms with Crippen LogP contribution in [0.1, 0.15) is 0 Å². The Bertz CT molecular complexity index is 1210. The first-order valence-electron chi connectivity index (χ1n) is 6.86. The van der Waals surface area contributed by atoms with Crippen LogP contribution in [0.25, 0.3) is 43.7 Å². The molecule has 21 heavy (non-hydrogen) atoms. The Kier molecular flexibility index (Phi) is 1.81. The van der Waals surface area contributed by atoms with Crippen LogP contribution < -0.4 is 5.56 Å². The number of H-pyrrole nitrogens is 3. The molecule has 5 rings (SSSR count). The van der Waals surface area contributed by atoms with Crippen LogP contribution in [0.15, 0.2) is 53.3 Å². The van der Waals surface area contributed by atoms with E-state index in [1.54, 1.807) is 0 Å². The first-order chi connectivity index (χ1) is 10.3. The molecule has 0 spiro atoms. The van der Waals surface area contributed by atoms with Gasteiger partial charge < -0.3 is 15.0 Å². The Balaban J connectivity index is 2.20. The second-order valence-corrected chi connectivity index (χ2v) is 5.30. The molecule has 3 N–H and O–H groups in total. The molecule has 0 saturated heterocycles. The minimum absolute atomic E-state index is 0.0848. The van der Waals surface area contributed by atoms with Crippen LogP contribution in [0.4, 0.5) is 0 Å². The SMILES string of the molecule is O=c1[nH]c2c3ccccc3[nH]c2c2c1[nH]c1ccccc12. The third-order valence-electron chi connectivity index (χ3n) is 4.13. The smallest absolute Gasteiger partial charge is 0.272 e. The predicted molar refractivity (Wildman–Crippen MR) is 85.8 cm³/mol. The Morgan fingerprint density at radius 1 is 0.619 bits per heavy atom. The van der Waals surface area contributed by atoms with Gasteiger partial charge in [-0.2, -0.15) is 0 Å². The first-order valence-corrected chi connectivity index (χ1v) is 6.86. The molecule has 0 radical (unpaired) electrons. The zero-order valence-electron chi connectivity index (χ0n) is 11.0. The van der Waals surface area contributed by atoms with E-state index >= 15 is 0 Å². The number of nitrogens with one attached hydrogen (secondary N) is 3. The van der Waals surface area contributed by atoms with E-state index in [0.717, 1.165) is 38.2 Å². The van der Waals surface area contributed by atoms with Crippen LogP contribution in [0.3, 0.4) is 0 Å². The standard InChI is InChI=1S/C17H11N3O/c21-17-16-13(9-5-1-3-7-11(9)19-16)15-14(20-17)10-6-2-4-8-12(10)18-15/h1-8,18-19H,(H,20,21). The topological polar surface area (TPSA) is 64.4 Å². The van der Waals surface area contributed by atoms with Crippen molar-refractivity contribution in [3.8, 4) is 0 Å². The van der Waals surface area contributed by atoms with Gasteiger partial charge in [0.2, 0.25) is 0 Å². The van der Waals surface area contributed by atoms with Crippen LogP contribution in [-0.2, 0) is 0 Å². The lowest BCUT2D eigenvalue weighted by Gasteiger charge is -1.95. The Labute approximate surface area is 118 Å². The minimum atomic E-state index is -0.0848. The lowest BCUT2D eigenvalue weighted by molar-refractivity contribution is 1.32. The number of pyridine rings is 1. The van der Waals surface area contributed by atoms with Crippen LogP contribution >= 0.6 is 0 Å². The Morgan fingerprint density at radius 3 is 2.05 bits per heavy atom. The third kappa shape index (κ3) is 1.26. The van der Waals surface area contributed by atoms with Crippen molar-refractivity contribution in [3.05, 3.63) is 58.9 Å². The Hall–Kier alpha value is -3.01. The van der Waals surface area contributed by atoms with Crippen LogP contribution in [0.2, 0.25) is 0 Å². The fourth-order valence-electron chi connectivity index (χ4n) is 3.21. The summed E-state index contributed by atoms with van der Waals surface area (Å²) in [6, 6.07) is 16.0. The van der Waals surface area contributed by atoms with Crippen LogP contribution in [0.5, 0.6) is 0 Å². The summed E-state index contributed by atoms with van der Waals surface area (Å²) in [5.41, 5.74) is 4.38. The highest BCUT2D eigenvalue weighted by molar-refractivity contribution is 6.22. The van der Waals surface area contributed by atoms with Gasteiger partial charge in [-0.15, -0.1) is 0 Å². The second kappa shape index (κ2) is 3.55. The van der Waals surface area contributed by atoms with E-state index in [0.29, 0.717) is 5.52 Å². The van der Waals surface area contributed by atoms with Crippen molar-refractivity contribution in [2.45, 2.75) is 0 Å². The molecule has 0 saturated carbocycles. The van der Waals surface area contributed by atoms with Crippen molar-refractivity contribution >= 4 is 43.7 Å². The van der Waals surface area contributed by atoms with Crippen molar-refractivity contribution in [1.29, 1.82) is 0 Å². The average molecular weight is 273 g/mol. The number of hydrogen-bond acceptors (Lipinski definition) is 1. The average Bonchev–Trinajstić information content (AvgIpc) is 3.06. The molecule has 0 bridgehead atoms. The van der Waals surface area contributed by atoms with E-state index in [1.807, 2.05) is 48.5 Å². The van der Waals surface area contributed by atoms with E-state index in [9.17, 15) is 4.79 Å². The van der Waals surface area contributed by atoms with Gasteiger partial charge in [0, 0.05) is 27.2 Å². The molecule has 0 atom stereocenters. The number of para-hydroxylation sites is 2. The van der Waals surface area contributed by atoms with Gasteiger partial charge >= 0.3 is 0 Å². The van der Waals surface area contributed by atoms with Crippen molar-refractivity contribution in [3.63, 3.8) is 0 Å². The van der Waals surface area contributed by atoms with Crippen LogP contribution in [0, 0.1) is 0 Å². The highest BCUT2D eigenvalue weighted by Gasteiger charge is 2.14. The molecule has 4 nitrogen and oxygen atoms in total. The molecule has 100 valence electrons. The molecule has 0 aliphatic carbocycles. The van der Waals surface area contributed by atoms with Gasteiger partial charge in [0.25, 0.3) is 5.56 Å². The molecule has 0 unspecified atom stereocenters. The summed E-state index contributed by atoms with van der Waals surface area (Å²) in [4.78, 5) is 22.1. The number of fused-ring (bicyclic) bond motifs is 7. The Morgan fingerprint density at radius 2 is 1.24 bits per heavy atom. The minimum Gasteiger partial charge on any atom is -0.353 e. The van der Waals surface area contributed by atoms with Gasteiger partial charge in [-0.25, -0.2) is 0 Å². The quantitative estimate of drug-likeness (QED) is 0.396. The predicted octanol–water partition coefficient (Wildman–Crippen LogP) is 3.64. The largest absolute Gasteiger partial charge is 0.353 e. The van der Waals surface area contributed by atoms with Crippen LogP contribution in [-0.4, -0.2) is 15.0 Å². The van der Waals surface area contributed by atoms with Gasteiger partial charge in [-0.3, -0.25) is 4.79 Å². The maximum Gasteiger partial charge on any atom is 0.272 e. The molecule has 0 aliphatic heterocycles. The van der Waals surface area contributed by atoms with Gasteiger partial charge in [-0.1, -0.05) is 36.4 Å². The molecule has 3 heterocycles. The van der Waals surface area contributed by atoms with Crippen molar-refractivity contribution < 1.29 is 0 Å². The summed E-state index contributed by atoms with van der Waals surface area (Å²) in [7, 11) is 0. The molecule has 0 aliphatic rings. The summed E-state index contributed by atoms with van der Waals surface area (Å²) in [6.45, 7) is 0. The summed E-state index contributed by atoms with van der Waals surface area (Å²) in [5.74, 6) is 0. The molecular weight excluding hydrogens is 262 g/mol. The van der Waals surface area contributed by atoms with Crippen molar-refractivity contribution in [2.75, 3.05) is 0 Å². The summed E-state index contributed by atoms with van der Waals surface area (Å²) in [6.07, 6.45) is 0.